The summed E-state index contributed by atoms with van der Waals surface area (Å²) in [5, 5.41) is 10.6. The van der Waals surface area contributed by atoms with Crippen LogP contribution in [0.25, 0.3) is 6.08 Å². The van der Waals surface area contributed by atoms with Gasteiger partial charge in [-0.2, -0.15) is 13.2 Å². The summed E-state index contributed by atoms with van der Waals surface area (Å²) in [6.07, 6.45) is -3.20. The van der Waals surface area contributed by atoms with Crippen LogP contribution in [0.15, 0.2) is 47.2 Å². The van der Waals surface area contributed by atoms with E-state index in [0.717, 1.165) is 12.7 Å². The van der Waals surface area contributed by atoms with Crippen molar-refractivity contribution in [1.29, 1.82) is 0 Å². The Hall–Kier alpha value is -2.32. The number of esters is 1. The lowest BCUT2D eigenvalue weighted by atomic mass is 9.90. The number of alkyl halides is 3. The van der Waals surface area contributed by atoms with Crippen molar-refractivity contribution in [3.05, 3.63) is 52.7 Å². The van der Waals surface area contributed by atoms with Gasteiger partial charge in [0.15, 0.2) is 0 Å². The number of nitrogens with zero attached hydrogens (tertiary/aromatic N) is 1. The first-order valence-corrected chi connectivity index (χ1v) is 8.99. The first-order chi connectivity index (χ1) is 13.3. The lowest BCUT2D eigenvalue weighted by molar-refractivity contribution is -0.249. The highest BCUT2D eigenvalue weighted by Crippen LogP contribution is 2.47. The van der Waals surface area contributed by atoms with Gasteiger partial charge >= 0.3 is 12.1 Å². The number of aliphatic hydroxyl groups is 1. The van der Waals surface area contributed by atoms with Gasteiger partial charge in [0.25, 0.3) is 5.60 Å². The molecule has 0 radical (unpaired) electrons. The second-order valence-electron chi connectivity index (χ2n) is 6.71. The molecule has 0 bridgehead atoms. The van der Waals surface area contributed by atoms with Crippen LogP contribution >= 0.6 is 0 Å². The highest BCUT2D eigenvalue weighted by Gasteiger charge is 2.64. The highest BCUT2D eigenvalue weighted by molar-refractivity contribution is 5.86. The lowest BCUT2D eigenvalue weighted by Crippen LogP contribution is -2.55. The van der Waals surface area contributed by atoms with Gasteiger partial charge < -0.3 is 19.5 Å². The zero-order chi connectivity index (χ0) is 20.4. The molecule has 1 aliphatic heterocycles. The summed E-state index contributed by atoms with van der Waals surface area (Å²) < 4.78 is 51.2. The zero-order valence-electron chi connectivity index (χ0n) is 15.5. The third-order valence-electron chi connectivity index (χ3n) is 5.03. The molecule has 8 heteroatoms. The fraction of sp³-hybridized carbons (Fsp3) is 0.450. The van der Waals surface area contributed by atoms with Crippen LogP contribution in [0.4, 0.5) is 13.2 Å². The van der Waals surface area contributed by atoms with E-state index < -0.39 is 17.7 Å². The molecule has 0 saturated carbocycles. The number of allylic oxidation sites excluding steroid dienone is 1. The molecule has 1 aliphatic carbocycles. The van der Waals surface area contributed by atoms with Gasteiger partial charge in [0.2, 0.25) is 0 Å². The van der Waals surface area contributed by atoms with Crippen molar-refractivity contribution in [2.24, 2.45) is 0 Å². The average Bonchev–Trinajstić information content (AvgIpc) is 3.11. The number of benzene rings is 1. The molecular formula is C20H22F3NO4. The molecule has 0 unspecified atom stereocenters. The van der Waals surface area contributed by atoms with Gasteiger partial charge in [0, 0.05) is 24.4 Å². The number of rotatable bonds is 4. The number of carbonyl (C=O) groups excluding carboxylic acids is 1. The maximum absolute atomic E-state index is 13.8. The maximum atomic E-state index is 13.8. The van der Waals surface area contributed by atoms with Crippen molar-refractivity contribution in [3.8, 4) is 0 Å². The van der Waals surface area contributed by atoms with Crippen molar-refractivity contribution >= 4 is 12.0 Å². The van der Waals surface area contributed by atoms with Gasteiger partial charge in [0.1, 0.15) is 0 Å². The van der Waals surface area contributed by atoms with E-state index in [1.165, 1.54) is 0 Å². The van der Waals surface area contributed by atoms with Gasteiger partial charge in [-0.3, -0.25) is 0 Å². The minimum atomic E-state index is -5.20. The fourth-order valence-corrected chi connectivity index (χ4v) is 3.67. The molecule has 5 nitrogen and oxygen atoms in total. The van der Waals surface area contributed by atoms with Gasteiger partial charge in [-0.25, -0.2) is 4.79 Å². The Morgan fingerprint density at radius 2 is 1.82 bits per heavy atom. The quantitative estimate of drug-likeness (QED) is 0.792. The molecule has 0 spiro atoms. The van der Waals surface area contributed by atoms with E-state index in [9.17, 15) is 23.1 Å². The van der Waals surface area contributed by atoms with Crippen LogP contribution in [0.3, 0.4) is 0 Å². The van der Waals surface area contributed by atoms with Gasteiger partial charge in [0.05, 0.1) is 20.3 Å². The largest absolute Gasteiger partial charge is 0.466 e. The van der Waals surface area contributed by atoms with Gasteiger partial charge in [-0.05, 0) is 30.1 Å². The molecule has 0 amide bonds. The lowest BCUT2D eigenvalue weighted by Gasteiger charge is -2.35. The number of morpholine rings is 1. The highest BCUT2D eigenvalue weighted by atomic mass is 19.4. The summed E-state index contributed by atoms with van der Waals surface area (Å²) in [5.41, 5.74) is -2.30. The van der Waals surface area contributed by atoms with E-state index in [0.29, 0.717) is 31.9 Å². The van der Waals surface area contributed by atoms with E-state index in [1.807, 2.05) is 30.3 Å². The Labute approximate surface area is 161 Å². The Balaban J connectivity index is 2.16. The third kappa shape index (κ3) is 3.66. The smallest absolute Gasteiger partial charge is 0.432 e. The van der Waals surface area contributed by atoms with E-state index in [2.05, 4.69) is 4.74 Å². The third-order valence-corrected chi connectivity index (χ3v) is 5.03. The fourth-order valence-electron chi connectivity index (χ4n) is 3.67. The summed E-state index contributed by atoms with van der Waals surface area (Å²) in [7, 11) is 0.837. The SMILES string of the molecule is COC(=O)[C@](O)(C1=C(N2CCOCC2)/C(=C/c2ccccc2)CC1)C(F)(F)F. The summed E-state index contributed by atoms with van der Waals surface area (Å²) >= 11 is 0. The molecule has 1 saturated heterocycles. The molecule has 1 heterocycles. The van der Waals surface area contributed by atoms with E-state index in [-0.39, 0.29) is 24.1 Å². The topological polar surface area (TPSA) is 59.0 Å². The average molecular weight is 397 g/mol. The van der Waals surface area contributed by atoms with E-state index in [1.54, 1.807) is 11.0 Å². The van der Waals surface area contributed by atoms with Crippen molar-refractivity contribution in [1.82, 2.24) is 4.90 Å². The minimum absolute atomic E-state index is 0.0868. The molecule has 1 aromatic rings. The number of carbonyl (C=O) groups is 1. The zero-order valence-corrected chi connectivity index (χ0v) is 15.5. The normalized spacial score (nSPS) is 21.8. The van der Waals surface area contributed by atoms with Crippen molar-refractivity contribution in [3.63, 3.8) is 0 Å². The van der Waals surface area contributed by atoms with Crippen molar-refractivity contribution in [2.45, 2.75) is 24.6 Å². The molecule has 1 fully saturated rings. The standard InChI is InChI=1S/C20H22F3NO4/c1-27-18(25)19(26,20(21,22)23)16-8-7-15(13-14-5-3-2-4-6-14)17(16)24-9-11-28-12-10-24/h2-6,13,26H,7-12H2,1H3/b15-13+/t19-/m1/s1. The molecule has 1 atom stereocenters. The van der Waals surface area contributed by atoms with E-state index >= 15 is 0 Å². The predicted octanol–water partition coefficient (Wildman–Crippen LogP) is 2.92. The molecular weight excluding hydrogens is 375 g/mol. The molecule has 152 valence electrons. The van der Waals surface area contributed by atoms with Gasteiger partial charge in [-0.1, -0.05) is 30.3 Å². The van der Waals surface area contributed by atoms with E-state index in [4.69, 9.17) is 4.74 Å². The second kappa shape index (κ2) is 7.97. The number of methoxy groups -OCH3 is 1. The summed E-state index contributed by atoms with van der Waals surface area (Å²) in [6.45, 7) is 1.47. The Bertz CT molecular complexity index is 782. The molecule has 1 N–H and O–H groups in total. The molecule has 28 heavy (non-hydrogen) atoms. The Kier molecular flexibility index (Phi) is 5.81. The number of hydrogen-bond acceptors (Lipinski definition) is 5. The van der Waals surface area contributed by atoms with Crippen LogP contribution in [0, 0.1) is 0 Å². The molecule has 0 aromatic heterocycles. The number of halogens is 3. The summed E-state index contributed by atoms with van der Waals surface area (Å²) in [5.74, 6) is -1.72. The van der Waals surface area contributed by atoms with Crippen molar-refractivity contribution < 1.29 is 32.5 Å². The summed E-state index contributed by atoms with van der Waals surface area (Å²) in [6, 6.07) is 9.21. The minimum Gasteiger partial charge on any atom is -0.466 e. The number of ether oxygens (including phenoxy) is 2. The monoisotopic (exact) mass is 397 g/mol. The molecule has 3 rings (SSSR count). The van der Waals surface area contributed by atoms with Gasteiger partial charge in [-0.15, -0.1) is 0 Å². The Morgan fingerprint density at radius 3 is 2.39 bits per heavy atom. The first kappa shape index (κ1) is 20.4. The summed E-state index contributed by atoms with van der Waals surface area (Å²) in [4.78, 5) is 13.8. The Morgan fingerprint density at radius 1 is 1.18 bits per heavy atom. The second-order valence-corrected chi connectivity index (χ2v) is 6.71. The van der Waals surface area contributed by atoms with Crippen LogP contribution in [0.2, 0.25) is 0 Å². The van der Waals surface area contributed by atoms with Crippen LogP contribution in [0.5, 0.6) is 0 Å². The van der Waals surface area contributed by atoms with Crippen LogP contribution < -0.4 is 0 Å². The van der Waals surface area contributed by atoms with Crippen LogP contribution in [-0.2, 0) is 14.3 Å². The number of hydrogen-bond donors (Lipinski definition) is 1. The first-order valence-electron chi connectivity index (χ1n) is 8.99. The maximum Gasteiger partial charge on any atom is 0.432 e. The van der Waals surface area contributed by atoms with Crippen LogP contribution in [0.1, 0.15) is 18.4 Å². The van der Waals surface area contributed by atoms with Crippen molar-refractivity contribution in [2.75, 3.05) is 33.4 Å². The van der Waals surface area contributed by atoms with Crippen LogP contribution in [-0.4, -0.2) is 61.2 Å². The predicted molar refractivity (Wildman–Crippen MR) is 96.1 cm³/mol. The molecule has 1 aromatic carbocycles. The molecule has 2 aliphatic rings.